The highest BCUT2D eigenvalue weighted by Gasteiger charge is 2.47. The third kappa shape index (κ3) is 2.99. The Kier molecular flexibility index (Phi) is 4.61. The molecule has 3 heteroatoms. The minimum atomic E-state index is 0.238. The summed E-state index contributed by atoms with van der Waals surface area (Å²) in [6.07, 6.45) is 2.54. The lowest BCUT2D eigenvalue weighted by Gasteiger charge is -2.51. The van der Waals surface area contributed by atoms with Gasteiger partial charge in [-0.2, -0.15) is 0 Å². The molecule has 1 aliphatic rings. The van der Waals surface area contributed by atoms with Crippen LogP contribution in [0.1, 0.15) is 31.4 Å². The fourth-order valence-corrected chi connectivity index (χ4v) is 3.01. The molecule has 1 fully saturated rings. The number of ether oxygens (including phenoxy) is 1. The predicted octanol–water partition coefficient (Wildman–Crippen LogP) is 2.09. The maximum Gasteiger partial charge on any atom is 0.0652 e. The van der Waals surface area contributed by atoms with Crippen LogP contribution >= 0.6 is 0 Å². The van der Waals surface area contributed by atoms with Gasteiger partial charge < -0.3 is 15.8 Å². The summed E-state index contributed by atoms with van der Waals surface area (Å²) in [7, 11) is 1.81. The van der Waals surface area contributed by atoms with E-state index in [1.54, 1.807) is 7.11 Å². The van der Waals surface area contributed by atoms with Crippen LogP contribution in [-0.2, 0) is 17.7 Å². The summed E-state index contributed by atoms with van der Waals surface area (Å²) in [5.74, 6) is 0. The Bertz CT molecular complexity index is 417. The lowest BCUT2D eigenvalue weighted by molar-refractivity contribution is -0.0971. The fraction of sp³-hybridized carbons (Fsp3) is 0.625. The summed E-state index contributed by atoms with van der Waals surface area (Å²) < 4.78 is 5.48. The first kappa shape index (κ1) is 14.5. The van der Waals surface area contributed by atoms with Gasteiger partial charge in [-0.05, 0) is 30.5 Å². The summed E-state index contributed by atoms with van der Waals surface area (Å²) in [5.41, 5.74) is 8.62. The van der Waals surface area contributed by atoms with Crippen LogP contribution in [0.5, 0.6) is 0 Å². The minimum absolute atomic E-state index is 0.238. The van der Waals surface area contributed by atoms with Gasteiger partial charge in [-0.15, -0.1) is 0 Å². The Hall–Kier alpha value is -0.900. The van der Waals surface area contributed by atoms with Crippen molar-refractivity contribution in [3.63, 3.8) is 0 Å². The van der Waals surface area contributed by atoms with Crippen molar-refractivity contribution in [2.45, 2.75) is 45.4 Å². The Morgan fingerprint density at radius 2 is 2.00 bits per heavy atom. The van der Waals surface area contributed by atoms with Gasteiger partial charge in [-0.3, -0.25) is 0 Å². The van der Waals surface area contributed by atoms with E-state index in [9.17, 15) is 0 Å². The zero-order valence-corrected chi connectivity index (χ0v) is 12.3. The Morgan fingerprint density at radius 1 is 1.32 bits per heavy atom. The highest BCUT2D eigenvalue weighted by Crippen LogP contribution is 2.42. The second-order valence-electron chi connectivity index (χ2n) is 6.01. The zero-order chi connectivity index (χ0) is 13.9. The van der Waals surface area contributed by atoms with Crippen molar-refractivity contribution in [1.29, 1.82) is 0 Å². The van der Waals surface area contributed by atoms with Crippen LogP contribution in [0.3, 0.4) is 0 Å². The second-order valence-corrected chi connectivity index (χ2v) is 6.01. The van der Waals surface area contributed by atoms with Gasteiger partial charge in [0.05, 0.1) is 6.10 Å². The van der Waals surface area contributed by atoms with Gasteiger partial charge >= 0.3 is 0 Å². The van der Waals surface area contributed by atoms with Crippen molar-refractivity contribution in [2.24, 2.45) is 11.1 Å². The minimum Gasteiger partial charge on any atom is -0.381 e. The second kappa shape index (κ2) is 6.04. The van der Waals surface area contributed by atoms with Gasteiger partial charge in [0.1, 0.15) is 0 Å². The van der Waals surface area contributed by atoms with E-state index in [4.69, 9.17) is 10.5 Å². The molecule has 0 bridgehead atoms. The Balaban J connectivity index is 1.82. The van der Waals surface area contributed by atoms with E-state index in [0.29, 0.717) is 18.7 Å². The number of nitrogens with two attached hydrogens (primary N) is 1. The molecule has 0 radical (unpaired) electrons. The van der Waals surface area contributed by atoms with Crippen molar-refractivity contribution in [3.05, 3.63) is 35.4 Å². The molecule has 0 saturated heterocycles. The van der Waals surface area contributed by atoms with Gasteiger partial charge in [0.15, 0.2) is 0 Å². The Morgan fingerprint density at radius 3 is 2.58 bits per heavy atom. The normalized spacial score (nSPS) is 25.1. The average molecular weight is 262 g/mol. The maximum atomic E-state index is 5.76. The van der Waals surface area contributed by atoms with Crippen LogP contribution in [0.25, 0.3) is 0 Å². The van der Waals surface area contributed by atoms with E-state index in [1.807, 2.05) is 0 Å². The largest absolute Gasteiger partial charge is 0.381 e. The van der Waals surface area contributed by atoms with E-state index in [0.717, 1.165) is 19.4 Å². The monoisotopic (exact) mass is 262 g/mol. The van der Waals surface area contributed by atoms with Crippen molar-refractivity contribution in [2.75, 3.05) is 13.7 Å². The third-order valence-electron chi connectivity index (χ3n) is 4.59. The number of benzene rings is 1. The molecular weight excluding hydrogens is 236 g/mol. The molecule has 0 spiro atoms. The molecular formula is C16H26N2O. The molecule has 1 aromatic carbocycles. The first-order valence-corrected chi connectivity index (χ1v) is 7.12. The van der Waals surface area contributed by atoms with Gasteiger partial charge in [-0.25, -0.2) is 0 Å². The SMILES string of the molecule is COC1CC(NCCc2ccccc2CN)C1(C)C. The molecule has 1 aliphatic carbocycles. The molecule has 0 amide bonds. The summed E-state index contributed by atoms with van der Waals surface area (Å²) >= 11 is 0. The summed E-state index contributed by atoms with van der Waals surface area (Å²) in [6.45, 7) is 6.17. The van der Waals surface area contributed by atoms with Crippen molar-refractivity contribution in [3.8, 4) is 0 Å². The lowest BCUT2D eigenvalue weighted by atomic mass is 9.64. The molecule has 3 N–H and O–H groups in total. The summed E-state index contributed by atoms with van der Waals surface area (Å²) in [6, 6.07) is 8.99. The van der Waals surface area contributed by atoms with Gasteiger partial charge in [0, 0.05) is 25.1 Å². The molecule has 106 valence electrons. The Labute approximate surface area is 116 Å². The molecule has 2 rings (SSSR count). The highest BCUT2D eigenvalue weighted by molar-refractivity contribution is 5.27. The average Bonchev–Trinajstić information content (AvgIpc) is 2.42. The highest BCUT2D eigenvalue weighted by atomic mass is 16.5. The van der Waals surface area contributed by atoms with E-state index < -0.39 is 0 Å². The molecule has 0 aromatic heterocycles. The molecule has 19 heavy (non-hydrogen) atoms. The number of hydrogen-bond acceptors (Lipinski definition) is 3. The smallest absolute Gasteiger partial charge is 0.0652 e. The van der Waals surface area contributed by atoms with E-state index in [-0.39, 0.29) is 5.41 Å². The number of rotatable bonds is 6. The quantitative estimate of drug-likeness (QED) is 0.825. The van der Waals surface area contributed by atoms with E-state index in [1.165, 1.54) is 11.1 Å². The van der Waals surface area contributed by atoms with Crippen LogP contribution < -0.4 is 11.1 Å². The first-order valence-electron chi connectivity index (χ1n) is 7.12. The van der Waals surface area contributed by atoms with Crippen LogP contribution in [0.4, 0.5) is 0 Å². The molecule has 1 aromatic rings. The molecule has 0 heterocycles. The molecule has 2 atom stereocenters. The van der Waals surface area contributed by atoms with Crippen LogP contribution in [0.15, 0.2) is 24.3 Å². The number of nitrogens with one attached hydrogen (secondary N) is 1. The van der Waals surface area contributed by atoms with Gasteiger partial charge in [0.2, 0.25) is 0 Å². The van der Waals surface area contributed by atoms with Crippen molar-refractivity contribution < 1.29 is 4.74 Å². The molecule has 0 aliphatic heterocycles. The molecule has 2 unspecified atom stereocenters. The topological polar surface area (TPSA) is 47.3 Å². The van der Waals surface area contributed by atoms with E-state index in [2.05, 4.69) is 43.4 Å². The summed E-state index contributed by atoms with van der Waals surface area (Å²) in [5, 5.41) is 3.65. The van der Waals surface area contributed by atoms with Crippen LogP contribution in [0.2, 0.25) is 0 Å². The van der Waals surface area contributed by atoms with Gasteiger partial charge in [-0.1, -0.05) is 38.1 Å². The van der Waals surface area contributed by atoms with Gasteiger partial charge in [0.25, 0.3) is 0 Å². The van der Waals surface area contributed by atoms with Crippen LogP contribution in [0, 0.1) is 5.41 Å². The first-order chi connectivity index (χ1) is 9.09. The molecule has 3 nitrogen and oxygen atoms in total. The van der Waals surface area contributed by atoms with Crippen LogP contribution in [-0.4, -0.2) is 25.8 Å². The zero-order valence-electron chi connectivity index (χ0n) is 12.3. The standard InChI is InChI=1S/C16H26N2O/c1-16(2)14(10-15(16)19-3)18-9-8-12-6-4-5-7-13(12)11-17/h4-7,14-15,18H,8-11,17H2,1-3H3. The maximum absolute atomic E-state index is 5.76. The fourth-order valence-electron chi connectivity index (χ4n) is 3.01. The third-order valence-corrected chi connectivity index (χ3v) is 4.59. The summed E-state index contributed by atoms with van der Waals surface area (Å²) in [4.78, 5) is 0. The number of methoxy groups -OCH3 is 1. The predicted molar refractivity (Wildman–Crippen MR) is 79.0 cm³/mol. The van der Waals surface area contributed by atoms with Crippen molar-refractivity contribution in [1.82, 2.24) is 5.32 Å². The van der Waals surface area contributed by atoms with Crippen molar-refractivity contribution >= 4 is 0 Å². The number of hydrogen-bond donors (Lipinski definition) is 2. The molecule has 1 saturated carbocycles. The lowest BCUT2D eigenvalue weighted by Crippen LogP contribution is -2.60. The van der Waals surface area contributed by atoms with E-state index >= 15 is 0 Å².